The van der Waals surface area contributed by atoms with E-state index in [4.69, 9.17) is 16.3 Å². The van der Waals surface area contributed by atoms with Gasteiger partial charge in [-0.1, -0.05) is 17.7 Å². The van der Waals surface area contributed by atoms with Gasteiger partial charge >= 0.3 is 0 Å². The molecule has 3 N–H and O–H groups in total. The number of amides is 1. The molecule has 0 saturated carbocycles. The summed E-state index contributed by atoms with van der Waals surface area (Å²) < 4.78 is 4.83. The Morgan fingerprint density at radius 1 is 1.50 bits per heavy atom. The fourth-order valence-corrected chi connectivity index (χ4v) is 1.82. The number of anilines is 1. The number of nitrogens with two attached hydrogens (primary N) is 1. The van der Waals surface area contributed by atoms with Crippen LogP contribution in [0, 0.1) is 0 Å². The molecule has 0 fully saturated rings. The van der Waals surface area contributed by atoms with E-state index in [1.807, 2.05) is 0 Å². The maximum Gasteiger partial charge on any atom is 0.230 e. The van der Waals surface area contributed by atoms with Crippen LogP contribution in [0.25, 0.3) is 0 Å². The molecule has 0 aliphatic heterocycles. The van der Waals surface area contributed by atoms with E-state index in [1.54, 1.807) is 24.3 Å². The minimum atomic E-state index is -1.28. The molecule has 0 bridgehead atoms. The first-order valence-electron chi connectivity index (χ1n) is 6.11. The number of methoxy groups -OCH3 is 1. The van der Waals surface area contributed by atoms with Gasteiger partial charge in [0, 0.05) is 17.8 Å². The third-order valence-corrected chi connectivity index (χ3v) is 2.82. The first-order valence-corrected chi connectivity index (χ1v) is 6.49. The number of carboxylic acids is 1. The Morgan fingerprint density at radius 2 is 2.25 bits per heavy atom. The van der Waals surface area contributed by atoms with E-state index in [1.165, 1.54) is 12.4 Å². The maximum absolute atomic E-state index is 11.8. The van der Waals surface area contributed by atoms with Crippen molar-refractivity contribution in [2.45, 2.75) is 12.5 Å². The summed E-state index contributed by atoms with van der Waals surface area (Å²) in [6, 6.07) is 5.69. The van der Waals surface area contributed by atoms with E-state index < -0.39 is 17.9 Å². The van der Waals surface area contributed by atoms with Crippen LogP contribution in [0.5, 0.6) is 0 Å². The largest absolute Gasteiger partial charge is 0.544 e. The average Bonchev–Trinajstić information content (AvgIpc) is 2.37. The number of rotatable bonds is 8. The molecule has 0 aliphatic carbocycles. The summed E-state index contributed by atoms with van der Waals surface area (Å²) in [6.45, 7) is 0.847. The number of carbonyl (C=O) groups excluding carboxylic acids is 2. The fraction of sp³-hybridized carbons (Fsp3) is 0.385. The second-order valence-corrected chi connectivity index (χ2v) is 4.64. The standard InChI is InChI=1S/C13H17ClN2O4/c1-20-6-5-15-11(13(18)19)8-12(17)16-10-4-2-3-9(14)7-10/h2-4,7,11,15H,5-6,8H2,1H3,(H,16,17)(H,18,19)/t11-/m1/s1. The molecule has 0 unspecified atom stereocenters. The molecule has 0 radical (unpaired) electrons. The summed E-state index contributed by atoms with van der Waals surface area (Å²) in [5.74, 6) is -1.68. The molecule has 0 heterocycles. The Kier molecular flexibility index (Phi) is 7.00. The molecule has 110 valence electrons. The smallest absolute Gasteiger partial charge is 0.230 e. The Labute approximate surface area is 122 Å². The number of hydrogen-bond acceptors (Lipinski definition) is 4. The quantitative estimate of drug-likeness (QED) is 0.602. The van der Waals surface area contributed by atoms with Gasteiger partial charge in [0.2, 0.25) is 5.91 Å². The highest BCUT2D eigenvalue weighted by molar-refractivity contribution is 6.30. The Morgan fingerprint density at radius 3 is 2.85 bits per heavy atom. The van der Waals surface area contributed by atoms with Crippen LogP contribution >= 0.6 is 11.6 Å². The predicted octanol–water partition coefficient (Wildman–Crippen LogP) is -1.00. The maximum atomic E-state index is 11.8. The molecule has 1 aromatic carbocycles. The number of ether oxygens (including phenoxy) is 1. The number of nitrogens with one attached hydrogen (secondary N) is 1. The van der Waals surface area contributed by atoms with Crippen LogP contribution in [-0.4, -0.2) is 38.2 Å². The van der Waals surface area contributed by atoms with Crippen LogP contribution in [0.15, 0.2) is 24.3 Å². The van der Waals surface area contributed by atoms with Crippen LogP contribution in [0.2, 0.25) is 5.02 Å². The van der Waals surface area contributed by atoms with Crippen molar-refractivity contribution in [1.82, 2.24) is 0 Å². The van der Waals surface area contributed by atoms with Crippen LogP contribution in [-0.2, 0) is 14.3 Å². The van der Waals surface area contributed by atoms with Crippen LogP contribution in [0.4, 0.5) is 5.69 Å². The number of aliphatic carboxylic acids is 1. The van der Waals surface area contributed by atoms with Gasteiger partial charge in [0.25, 0.3) is 0 Å². The lowest BCUT2D eigenvalue weighted by molar-refractivity contribution is -0.683. The molecule has 0 spiro atoms. The van der Waals surface area contributed by atoms with Crippen molar-refractivity contribution >= 4 is 29.2 Å². The second kappa shape index (κ2) is 8.52. The Balaban J connectivity index is 2.51. The zero-order chi connectivity index (χ0) is 15.0. The first-order chi connectivity index (χ1) is 9.52. The molecule has 0 saturated heterocycles. The lowest BCUT2D eigenvalue weighted by Crippen LogP contribution is -2.94. The summed E-state index contributed by atoms with van der Waals surface area (Å²) in [5.41, 5.74) is 0.525. The second-order valence-electron chi connectivity index (χ2n) is 4.21. The third kappa shape index (κ3) is 6.01. The van der Waals surface area contributed by atoms with Crippen molar-refractivity contribution in [1.29, 1.82) is 0 Å². The van der Waals surface area contributed by atoms with Gasteiger partial charge in [-0.05, 0) is 18.2 Å². The van der Waals surface area contributed by atoms with Crippen molar-refractivity contribution in [2.24, 2.45) is 0 Å². The highest BCUT2D eigenvalue weighted by atomic mass is 35.5. The third-order valence-electron chi connectivity index (χ3n) is 2.59. The summed E-state index contributed by atoms with van der Waals surface area (Å²) >= 11 is 5.79. The van der Waals surface area contributed by atoms with Crippen molar-refractivity contribution in [2.75, 3.05) is 25.6 Å². The molecular formula is C13H17ClN2O4. The van der Waals surface area contributed by atoms with Crippen molar-refractivity contribution in [3.63, 3.8) is 0 Å². The molecule has 1 rings (SSSR count). The number of benzene rings is 1. The molecule has 7 heteroatoms. The summed E-state index contributed by atoms with van der Waals surface area (Å²) in [7, 11) is 1.52. The van der Waals surface area contributed by atoms with Crippen molar-refractivity contribution in [3.8, 4) is 0 Å². The van der Waals surface area contributed by atoms with Gasteiger partial charge in [-0.15, -0.1) is 0 Å². The molecule has 6 nitrogen and oxygen atoms in total. The van der Waals surface area contributed by atoms with Gasteiger partial charge in [0.05, 0.1) is 25.5 Å². The minimum Gasteiger partial charge on any atom is -0.544 e. The molecule has 0 aromatic heterocycles. The van der Waals surface area contributed by atoms with Gasteiger partial charge in [0.15, 0.2) is 0 Å². The lowest BCUT2D eigenvalue weighted by atomic mass is 10.2. The van der Waals surface area contributed by atoms with Crippen molar-refractivity contribution < 1.29 is 24.7 Å². The lowest BCUT2D eigenvalue weighted by Gasteiger charge is -2.16. The first kappa shape index (κ1) is 16.4. The fourth-order valence-electron chi connectivity index (χ4n) is 1.63. The topological polar surface area (TPSA) is 95.1 Å². The minimum absolute atomic E-state index is 0.182. The number of carboxylic acid groups (broad SMARTS) is 1. The van der Waals surface area contributed by atoms with E-state index >= 15 is 0 Å². The Hall–Kier alpha value is -1.63. The molecule has 1 atom stereocenters. The van der Waals surface area contributed by atoms with Gasteiger partial charge in [-0.3, -0.25) is 4.79 Å². The predicted molar refractivity (Wildman–Crippen MR) is 72.2 cm³/mol. The summed E-state index contributed by atoms with van der Waals surface area (Å²) in [4.78, 5) is 22.7. The molecule has 1 aromatic rings. The van der Waals surface area contributed by atoms with E-state index in [9.17, 15) is 14.7 Å². The van der Waals surface area contributed by atoms with Gasteiger partial charge in [-0.2, -0.15) is 0 Å². The number of hydrogen-bond donors (Lipinski definition) is 2. The highest BCUT2D eigenvalue weighted by Crippen LogP contribution is 2.14. The van der Waals surface area contributed by atoms with Gasteiger partial charge in [-0.25, -0.2) is 0 Å². The number of carbonyl (C=O) groups is 2. The van der Waals surface area contributed by atoms with E-state index in [0.717, 1.165) is 0 Å². The molecule has 1 amide bonds. The van der Waals surface area contributed by atoms with Crippen molar-refractivity contribution in [3.05, 3.63) is 29.3 Å². The SMILES string of the molecule is COCC[NH2+][C@H](CC(=O)Nc1cccc(Cl)c1)C(=O)[O-]. The number of halogens is 1. The zero-order valence-corrected chi connectivity index (χ0v) is 11.9. The number of quaternary nitrogens is 1. The molecule has 0 aliphatic rings. The van der Waals surface area contributed by atoms with E-state index in [0.29, 0.717) is 23.9 Å². The van der Waals surface area contributed by atoms with Gasteiger partial charge < -0.3 is 25.3 Å². The average molecular weight is 301 g/mol. The zero-order valence-electron chi connectivity index (χ0n) is 11.1. The normalized spacial score (nSPS) is 11.9. The highest BCUT2D eigenvalue weighted by Gasteiger charge is 2.18. The molecular weight excluding hydrogens is 284 g/mol. The van der Waals surface area contributed by atoms with E-state index in [2.05, 4.69) is 5.32 Å². The summed E-state index contributed by atoms with van der Waals surface area (Å²) in [6.07, 6.45) is -0.182. The Bertz CT molecular complexity index is 467. The van der Waals surface area contributed by atoms with E-state index in [-0.39, 0.29) is 6.42 Å². The van der Waals surface area contributed by atoms with Gasteiger partial charge in [0.1, 0.15) is 6.04 Å². The monoisotopic (exact) mass is 300 g/mol. The molecule has 20 heavy (non-hydrogen) atoms. The summed E-state index contributed by atoms with van der Waals surface area (Å²) in [5, 5.41) is 15.5. The van der Waals surface area contributed by atoms with Crippen LogP contribution < -0.4 is 15.7 Å². The van der Waals surface area contributed by atoms with Crippen LogP contribution in [0.3, 0.4) is 0 Å². The van der Waals surface area contributed by atoms with Crippen LogP contribution in [0.1, 0.15) is 6.42 Å².